The lowest BCUT2D eigenvalue weighted by molar-refractivity contribution is -0.119. The number of nitrogens with one attached hydrogen (secondary N) is 1. The molecule has 0 bridgehead atoms. The van der Waals surface area contributed by atoms with E-state index in [1.807, 2.05) is 49.4 Å². The highest BCUT2D eigenvalue weighted by Gasteiger charge is 2.20. The molecule has 2 N–H and O–H groups in total. The van der Waals surface area contributed by atoms with E-state index < -0.39 is 5.91 Å². The summed E-state index contributed by atoms with van der Waals surface area (Å²) in [6.07, 6.45) is 0. The lowest BCUT2D eigenvalue weighted by atomic mass is 10.0. The van der Waals surface area contributed by atoms with E-state index in [2.05, 4.69) is 10.6 Å². The van der Waals surface area contributed by atoms with Crippen LogP contribution in [0.3, 0.4) is 0 Å². The van der Waals surface area contributed by atoms with Crippen LogP contribution in [0.25, 0.3) is 0 Å². The molecule has 0 atom stereocenters. The Hall–Kier alpha value is -2.90. The van der Waals surface area contributed by atoms with Crippen molar-refractivity contribution in [1.82, 2.24) is 10.4 Å². The Morgan fingerprint density at radius 1 is 1.19 bits per heavy atom. The summed E-state index contributed by atoms with van der Waals surface area (Å²) in [4.78, 5) is 17.5. The second-order valence-corrected chi connectivity index (χ2v) is 5.92. The van der Waals surface area contributed by atoms with E-state index >= 15 is 0 Å². The molecule has 0 heterocycles. The van der Waals surface area contributed by atoms with Crippen molar-refractivity contribution in [1.29, 1.82) is 0 Å². The smallest absolute Gasteiger partial charge is 0.288 e. The summed E-state index contributed by atoms with van der Waals surface area (Å²) >= 11 is 0. The summed E-state index contributed by atoms with van der Waals surface area (Å²) in [6, 6.07) is 15.1. The number of amides is 1. The number of likely N-dealkylation sites (N-methyl/N-ethyl adjacent to an activating group) is 1. The molecule has 2 rings (SSSR count). The fraction of sp³-hybridized carbons (Fsp3) is 0.300. The second kappa shape index (κ2) is 10.3. The average Bonchev–Trinajstić information content (AvgIpc) is 2.66. The fourth-order valence-corrected chi connectivity index (χ4v) is 2.49. The molecule has 7 heteroatoms. The predicted molar refractivity (Wildman–Crippen MR) is 103 cm³/mol. The summed E-state index contributed by atoms with van der Waals surface area (Å²) in [5.41, 5.74) is 5.24. The summed E-state index contributed by atoms with van der Waals surface area (Å²) in [7, 11) is 3.04. The summed E-state index contributed by atoms with van der Waals surface area (Å²) in [5.74, 6) is 0.348. The number of aryl methyl sites for hydroxylation is 1. The molecule has 0 saturated carbocycles. The maximum Gasteiger partial charge on any atom is 0.288 e. The first-order valence-electron chi connectivity index (χ1n) is 8.57. The third kappa shape index (κ3) is 5.80. The average molecular weight is 371 g/mol. The largest absolute Gasteiger partial charge is 0.489 e. The van der Waals surface area contributed by atoms with Gasteiger partial charge in [0.1, 0.15) is 19.5 Å². The number of carbonyl (C=O) groups excluding carboxylic acids is 1. The lowest BCUT2D eigenvalue weighted by Crippen LogP contribution is -2.44. The fourth-order valence-electron chi connectivity index (χ4n) is 2.49. The van der Waals surface area contributed by atoms with E-state index in [9.17, 15) is 4.79 Å². The number of nitrogens with zero attached hydrogens (tertiary/aromatic N) is 2. The van der Waals surface area contributed by atoms with Crippen molar-refractivity contribution in [3.05, 3.63) is 65.2 Å². The zero-order valence-corrected chi connectivity index (χ0v) is 15.8. The number of hydrogen-bond acceptors (Lipinski definition) is 6. The van der Waals surface area contributed by atoms with Crippen LogP contribution in [0.5, 0.6) is 5.75 Å². The van der Waals surface area contributed by atoms with Crippen molar-refractivity contribution in [2.75, 3.05) is 27.3 Å². The molecule has 0 spiro atoms. The van der Waals surface area contributed by atoms with Crippen LogP contribution in [-0.4, -0.2) is 49.0 Å². The molecule has 27 heavy (non-hydrogen) atoms. The molecular formula is C20H25N3O4. The number of hydrogen-bond donors (Lipinski definition) is 2. The van der Waals surface area contributed by atoms with Crippen LogP contribution in [0, 0.1) is 6.92 Å². The number of hydrazine groups is 1. The van der Waals surface area contributed by atoms with Gasteiger partial charge in [-0.15, -0.1) is 0 Å². The van der Waals surface area contributed by atoms with Crippen LogP contribution >= 0.6 is 0 Å². The highest BCUT2D eigenvalue weighted by atomic mass is 16.6. The molecule has 0 unspecified atom stereocenters. The Morgan fingerprint density at radius 3 is 2.59 bits per heavy atom. The molecule has 0 fully saturated rings. The summed E-state index contributed by atoms with van der Waals surface area (Å²) in [5, 5.41) is 14.4. The first kappa shape index (κ1) is 20.4. The van der Waals surface area contributed by atoms with Crippen LogP contribution in [0.4, 0.5) is 0 Å². The molecule has 0 aliphatic carbocycles. The maximum absolute atomic E-state index is 12.6. The number of ether oxygens (including phenoxy) is 1. The molecular weight excluding hydrogens is 346 g/mol. The zero-order valence-electron chi connectivity index (χ0n) is 15.8. The molecule has 0 aromatic heterocycles. The van der Waals surface area contributed by atoms with Crippen molar-refractivity contribution < 1.29 is 19.5 Å². The molecule has 7 nitrogen and oxygen atoms in total. The Morgan fingerprint density at radius 2 is 1.89 bits per heavy atom. The van der Waals surface area contributed by atoms with E-state index in [0.717, 1.165) is 16.9 Å². The van der Waals surface area contributed by atoms with Crippen LogP contribution in [0.1, 0.15) is 16.7 Å². The molecule has 1 amide bonds. The number of aliphatic hydroxyl groups excluding tert-OH is 1. The first-order chi connectivity index (χ1) is 13.1. The molecule has 0 saturated heterocycles. The molecule has 144 valence electrons. The van der Waals surface area contributed by atoms with E-state index in [4.69, 9.17) is 14.7 Å². The van der Waals surface area contributed by atoms with Gasteiger partial charge in [0.15, 0.2) is 5.71 Å². The van der Waals surface area contributed by atoms with Gasteiger partial charge in [0, 0.05) is 19.2 Å². The number of aliphatic hydroxyl groups is 1. The Balaban J connectivity index is 2.23. The van der Waals surface area contributed by atoms with E-state index in [1.54, 1.807) is 13.1 Å². The Bertz CT molecular complexity index is 792. The summed E-state index contributed by atoms with van der Waals surface area (Å²) < 4.78 is 5.92. The number of oxime groups is 1. The monoisotopic (exact) mass is 371 g/mol. The van der Waals surface area contributed by atoms with Gasteiger partial charge in [0.2, 0.25) is 0 Å². The standard InChI is InChI=1S/C20H25N3O4/c1-15-8-4-7-11-18(15)27-14-16-9-5-6-10-17(16)19(22-26-3)20(25)21-23(2)12-13-24/h4-11,24H,12-14H2,1-3H3,(H,21,25)/b22-19+. The van der Waals surface area contributed by atoms with Crippen molar-refractivity contribution in [2.24, 2.45) is 5.16 Å². The van der Waals surface area contributed by atoms with Gasteiger partial charge < -0.3 is 14.7 Å². The minimum absolute atomic E-state index is 0.0750. The highest BCUT2D eigenvalue weighted by Crippen LogP contribution is 2.19. The van der Waals surface area contributed by atoms with Crippen LogP contribution in [-0.2, 0) is 16.2 Å². The maximum atomic E-state index is 12.6. The minimum Gasteiger partial charge on any atom is -0.489 e. The molecule has 0 radical (unpaired) electrons. The third-order valence-corrected chi connectivity index (χ3v) is 3.87. The number of benzene rings is 2. The normalized spacial score (nSPS) is 11.4. The Kier molecular flexibility index (Phi) is 7.79. The van der Waals surface area contributed by atoms with Crippen LogP contribution in [0.2, 0.25) is 0 Å². The molecule has 2 aromatic rings. The van der Waals surface area contributed by atoms with E-state index in [1.165, 1.54) is 12.1 Å². The van der Waals surface area contributed by atoms with Gasteiger partial charge in [0.05, 0.1) is 6.61 Å². The second-order valence-electron chi connectivity index (χ2n) is 5.92. The van der Waals surface area contributed by atoms with Crippen molar-refractivity contribution in [2.45, 2.75) is 13.5 Å². The molecule has 0 aliphatic heterocycles. The molecule has 2 aromatic carbocycles. The number of rotatable bonds is 9. The van der Waals surface area contributed by atoms with Gasteiger partial charge in [-0.3, -0.25) is 10.2 Å². The molecule has 0 aliphatic rings. The Labute approximate surface area is 159 Å². The first-order valence-corrected chi connectivity index (χ1v) is 8.57. The quantitative estimate of drug-likeness (QED) is 0.519. The third-order valence-electron chi connectivity index (χ3n) is 3.87. The van der Waals surface area contributed by atoms with Gasteiger partial charge in [-0.2, -0.15) is 0 Å². The van der Waals surface area contributed by atoms with Gasteiger partial charge in [0.25, 0.3) is 5.91 Å². The zero-order chi connectivity index (χ0) is 19.6. The number of carbonyl (C=O) groups is 1. The van der Waals surface area contributed by atoms with Crippen LogP contribution < -0.4 is 10.2 Å². The van der Waals surface area contributed by atoms with Gasteiger partial charge in [-0.05, 0) is 24.1 Å². The SMILES string of the molecule is CO/N=C(/C(=O)NN(C)CCO)c1ccccc1COc1ccccc1C. The minimum atomic E-state index is -0.434. The van der Waals surface area contributed by atoms with E-state index in [-0.39, 0.29) is 18.9 Å². The van der Waals surface area contributed by atoms with Crippen molar-refractivity contribution in [3.8, 4) is 5.75 Å². The predicted octanol–water partition coefficient (Wildman–Crippen LogP) is 1.88. The van der Waals surface area contributed by atoms with E-state index in [0.29, 0.717) is 12.1 Å². The number of para-hydroxylation sites is 1. The lowest BCUT2D eigenvalue weighted by Gasteiger charge is -2.18. The van der Waals surface area contributed by atoms with Crippen molar-refractivity contribution in [3.63, 3.8) is 0 Å². The highest BCUT2D eigenvalue weighted by molar-refractivity contribution is 6.45. The van der Waals surface area contributed by atoms with Gasteiger partial charge in [-0.25, -0.2) is 5.01 Å². The van der Waals surface area contributed by atoms with Crippen molar-refractivity contribution >= 4 is 11.6 Å². The summed E-state index contributed by atoms with van der Waals surface area (Å²) in [6.45, 7) is 2.48. The topological polar surface area (TPSA) is 83.4 Å². The van der Waals surface area contributed by atoms with Gasteiger partial charge in [-0.1, -0.05) is 47.6 Å². The van der Waals surface area contributed by atoms with Crippen LogP contribution in [0.15, 0.2) is 53.7 Å². The van der Waals surface area contributed by atoms with Gasteiger partial charge >= 0.3 is 0 Å².